The van der Waals surface area contributed by atoms with Crippen LogP contribution in [0.3, 0.4) is 0 Å². The van der Waals surface area contributed by atoms with Gasteiger partial charge in [0.15, 0.2) is 0 Å². The van der Waals surface area contributed by atoms with Crippen LogP contribution in [0.2, 0.25) is 0 Å². The van der Waals surface area contributed by atoms with E-state index in [1.165, 1.54) is 0 Å². The number of para-hydroxylation sites is 1. The zero-order valence-electron chi connectivity index (χ0n) is 32.5. The standard InChI is InChI=1S/C50H35N7O4/c58-49(54-30-32-13-15-42-34(24-32)8-5-19-51-42)36-6-3-9-38(26-36)60-46-17-20-52-43-16-14-35(28-41(43)46)45-29-47(40-11-1-2-12-44(40)56-45)61-39-10-4-7-37(27-39)50(59)55-31-33-18-22-57-23-21-53-48(57)25-33/h1-29H,30-31H2,(H,54,58)(H,55,59). The van der Waals surface area contributed by atoms with E-state index >= 15 is 0 Å². The number of pyridine rings is 4. The van der Waals surface area contributed by atoms with Crippen molar-refractivity contribution in [2.45, 2.75) is 13.1 Å². The third-order valence-corrected chi connectivity index (χ3v) is 10.4. The molecule has 10 rings (SSSR count). The topological polar surface area (TPSA) is 133 Å². The van der Waals surface area contributed by atoms with Crippen molar-refractivity contribution in [2.75, 3.05) is 0 Å². The number of amides is 2. The van der Waals surface area contributed by atoms with E-state index in [1.807, 2.05) is 120 Å². The van der Waals surface area contributed by atoms with Gasteiger partial charge in [0, 0.05) is 83.0 Å². The van der Waals surface area contributed by atoms with Crippen LogP contribution in [0.1, 0.15) is 31.8 Å². The van der Waals surface area contributed by atoms with Crippen molar-refractivity contribution in [3.05, 3.63) is 199 Å². The monoisotopic (exact) mass is 797 g/mol. The van der Waals surface area contributed by atoms with E-state index in [0.717, 1.165) is 55.0 Å². The van der Waals surface area contributed by atoms with E-state index in [0.29, 0.717) is 52.9 Å². The Hall–Kier alpha value is -8.44. The number of hydrogen-bond acceptors (Lipinski definition) is 8. The number of carbonyl (C=O) groups is 2. The van der Waals surface area contributed by atoms with Gasteiger partial charge in [0.2, 0.25) is 0 Å². The van der Waals surface area contributed by atoms with Crippen molar-refractivity contribution in [3.8, 4) is 34.3 Å². The highest BCUT2D eigenvalue weighted by molar-refractivity contribution is 5.96. The molecule has 10 aromatic rings. The van der Waals surface area contributed by atoms with Gasteiger partial charge in [-0.1, -0.05) is 42.5 Å². The first-order chi connectivity index (χ1) is 30.0. The van der Waals surface area contributed by atoms with E-state index < -0.39 is 0 Å². The number of hydrogen-bond donors (Lipinski definition) is 2. The molecule has 5 aromatic heterocycles. The molecule has 0 unspecified atom stereocenters. The summed E-state index contributed by atoms with van der Waals surface area (Å²) in [6.07, 6.45) is 9.00. The summed E-state index contributed by atoms with van der Waals surface area (Å²) in [6.45, 7) is 0.729. The number of rotatable bonds is 11. The summed E-state index contributed by atoms with van der Waals surface area (Å²) < 4.78 is 14.9. The zero-order chi connectivity index (χ0) is 41.1. The average molecular weight is 798 g/mol. The van der Waals surface area contributed by atoms with Crippen molar-refractivity contribution in [1.82, 2.24) is 35.0 Å². The second-order valence-corrected chi connectivity index (χ2v) is 14.4. The number of aromatic nitrogens is 5. The molecule has 0 aliphatic carbocycles. The normalized spacial score (nSPS) is 11.2. The van der Waals surface area contributed by atoms with Crippen LogP contribution in [-0.2, 0) is 13.1 Å². The van der Waals surface area contributed by atoms with Gasteiger partial charge in [0.25, 0.3) is 11.8 Å². The Morgan fingerprint density at radius 2 is 1.26 bits per heavy atom. The molecule has 0 atom stereocenters. The highest BCUT2D eigenvalue weighted by Crippen LogP contribution is 2.36. The first-order valence-electron chi connectivity index (χ1n) is 19.7. The summed E-state index contributed by atoms with van der Waals surface area (Å²) in [6, 6.07) is 45.3. The lowest BCUT2D eigenvalue weighted by atomic mass is 10.1. The van der Waals surface area contributed by atoms with E-state index in [4.69, 9.17) is 14.5 Å². The number of benzene rings is 5. The van der Waals surface area contributed by atoms with Crippen molar-refractivity contribution in [3.63, 3.8) is 0 Å². The Morgan fingerprint density at radius 1 is 0.525 bits per heavy atom. The Labute approximate surface area is 349 Å². The third kappa shape index (κ3) is 7.91. The van der Waals surface area contributed by atoms with E-state index in [1.54, 1.807) is 61.1 Å². The lowest BCUT2D eigenvalue weighted by Gasteiger charge is -2.14. The van der Waals surface area contributed by atoms with Crippen LogP contribution in [0, 0.1) is 0 Å². The van der Waals surface area contributed by atoms with Gasteiger partial charge >= 0.3 is 0 Å². The molecule has 11 nitrogen and oxygen atoms in total. The fourth-order valence-electron chi connectivity index (χ4n) is 7.27. The summed E-state index contributed by atoms with van der Waals surface area (Å²) in [5.74, 6) is 1.74. The van der Waals surface area contributed by atoms with Crippen molar-refractivity contribution < 1.29 is 19.1 Å². The maximum absolute atomic E-state index is 13.3. The molecule has 2 amide bonds. The molecule has 5 heterocycles. The largest absolute Gasteiger partial charge is 0.457 e. The maximum Gasteiger partial charge on any atom is 0.251 e. The summed E-state index contributed by atoms with van der Waals surface area (Å²) in [5, 5.41) is 8.62. The quantitative estimate of drug-likeness (QED) is 0.132. The second kappa shape index (κ2) is 16.1. The second-order valence-electron chi connectivity index (χ2n) is 14.4. The molecular weight excluding hydrogens is 763 g/mol. The molecule has 294 valence electrons. The molecule has 0 aliphatic heterocycles. The minimum atomic E-state index is -0.221. The van der Waals surface area contributed by atoms with E-state index in [9.17, 15) is 9.59 Å². The van der Waals surface area contributed by atoms with Crippen LogP contribution >= 0.6 is 0 Å². The molecule has 11 heteroatoms. The number of imidazole rings is 1. The smallest absolute Gasteiger partial charge is 0.251 e. The van der Waals surface area contributed by atoms with E-state index in [-0.39, 0.29) is 11.8 Å². The van der Waals surface area contributed by atoms with Crippen LogP contribution in [0.25, 0.3) is 49.6 Å². The lowest BCUT2D eigenvalue weighted by molar-refractivity contribution is 0.0942. The first kappa shape index (κ1) is 36.9. The number of nitrogens with zero attached hydrogens (tertiary/aromatic N) is 5. The fraction of sp³-hybridized carbons (Fsp3) is 0.0400. The Morgan fingerprint density at radius 3 is 2.08 bits per heavy atom. The summed E-state index contributed by atoms with van der Waals surface area (Å²) in [7, 11) is 0. The molecule has 5 aromatic carbocycles. The highest BCUT2D eigenvalue weighted by atomic mass is 16.5. The molecule has 2 N–H and O–H groups in total. The molecule has 61 heavy (non-hydrogen) atoms. The summed E-state index contributed by atoms with van der Waals surface area (Å²) in [5.41, 5.74) is 7.56. The van der Waals surface area contributed by atoms with Gasteiger partial charge in [-0.05, 0) is 108 Å². The average Bonchev–Trinajstić information content (AvgIpc) is 3.78. The Kier molecular flexibility index (Phi) is 9.71. The zero-order valence-corrected chi connectivity index (χ0v) is 32.5. The van der Waals surface area contributed by atoms with Crippen LogP contribution in [0.15, 0.2) is 177 Å². The highest BCUT2D eigenvalue weighted by Gasteiger charge is 2.15. The Bertz CT molecular complexity index is 3290. The molecule has 0 fully saturated rings. The van der Waals surface area contributed by atoms with Gasteiger partial charge < -0.3 is 24.5 Å². The fourth-order valence-corrected chi connectivity index (χ4v) is 7.27. The predicted molar refractivity (Wildman–Crippen MR) is 235 cm³/mol. The number of ether oxygens (including phenoxy) is 2. The summed E-state index contributed by atoms with van der Waals surface area (Å²) >= 11 is 0. The minimum Gasteiger partial charge on any atom is -0.457 e. The SMILES string of the molecule is O=C(NCc1ccc2ncccc2c1)c1cccc(Oc2ccnc3ccc(-c4cc(Oc5cccc(C(=O)NCc6ccn7ccnc7c6)c5)c5ccccc5n4)cc23)c1. The van der Waals surface area contributed by atoms with Crippen molar-refractivity contribution in [2.24, 2.45) is 0 Å². The van der Waals surface area contributed by atoms with Crippen molar-refractivity contribution in [1.29, 1.82) is 0 Å². The van der Waals surface area contributed by atoms with Crippen LogP contribution in [0.5, 0.6) is 23.0 Å². The van der Waals surface area contributed by atoms with Gasteiger partial charge in [0.05, 0.1) is 22.2 Å². The van der Waals surface area contributed by atoms with Gasteiger partial charge in [-0.3, -0.25) is 19.6 Å². The number of nitrogens with one attached hydrogen (secondary N) is 2. The third-order valence-electron chi connectivity index (χ3n) is 10.4. The van der Waals surface area contributed by atoms with Crippen molar-refractivity contribution >= 4 is 50.2 Å². The molecule has 0 bridgehead atoms. The molecular formula is C50H35N7O4. The molecule has 0 saturated heterocycles. The molecule has 0 aliphatic rings. The molecule has 0 radical (unpaired) electrons. The number of fused-ring (bicyclic) bond motifs is 4. The first-order valence-corrected chi connectivity index (χ1v) is 19.7. The maximum atomic E-state index is 13.3. The van der Waals surface area contributed by atoms with Gasteiger partial charge in [-0.2, -0.15) is 0 Å². The summed E-state index contributed by atoms with van der Waals surface area (Å²) in [4.78, 5) is 44.8. The Balaban J connectivity index is 0.879. The van der Waals surface area contributed by atoms with E-state index in [2.05, 4.69) is 25.6 Å². The lowest BCUT2D eigenvalue weighted by Crippen LogP contribution is -2.22. The number of carbonyl (C=O) groups excluding carboxylic acids is 2. The predicted octanol–water partition coefficient (Wildman–Crippen LogP) is 10.1. The van der Waals surface area contributed by atoms with Gasteiger partial charge in [0.1, 0.15) is 28.6 Å². The molecule has 0 spiro atoms. The van der Waals surface area contributed by atoms with Crippen LogP contribution in [-0.4, -0.2) is 36.2 Å². The van der Waals surface area contributed by atoms with Gasteiger partial charge in [-0.15, -0.1) is 0 Å². The van der Waals surface area contributed by atoms with Crippen LogP contribution in [0.4, 0.5) is 0 Å². The van der Waals surface area contributed by atoms with Crippen LogP contribution < -0.4 is 20.1 Å². The van der Waals surface area contributed by atoms with Gasteiger partial charge in [-0.25, -0.2) is 9.97 Å². The molecule has 0 saturated carbocycles. The minimum absolute atomic E-state index is 0.214.